The van der Waals surface area contributed by atoms with Gasteiger partial charge in [0.25, 0.3) is 0 Å². The molecule has 1 aromatic rings. The molecular weight excluding hydrogens is 242 g/mol. The molecule has 0 saturated carbocycles. The van der Waals surface area contributed by atoms with Crippen molar-refractivity contribution >= 4 is 0 Å². The van der Waals surface area contributed by atoms with Crippen LogP contribution in [0.3, 0.4) is 0 Å². The molecule has 2 N–H and O–H groups in total. The normalized spacial score (nSPS) is 31.3. The van der Waals surface area contributed by atoms with E-state index in [4.69, 9.17) is 19.9 Å². The molecule has 0 aromatic heterocycles. The van der Waals surface area contributed by atoms with Gasteiger partial charge in [0.2, 0.25) is 0 Å². The number of benzene rings is 1. The maximum Gasteiger partial charge on any atom is 0.112 e. The van der Waals surface area contributed by atoms with Gasteiger partial charge in [-0.3, -0.25) is 0 Å². The van der Waals surface area contributed by atoms with Crippen molar-refractivity contribution in [1.29, 1.82) is 0 Å². The van der Waals surface area contributed by atoms with Crippen molar-refractivity contribution in [3.8, 4) is 0 Å². The summed E-state index contributed by atoms with van der Waals surface area (Å²) in [4.78, 5) is 0. The van der Waals surface area contributed by atoms with Crippen LogP contribution in [-0.2, 0) is 14.2 Å². The topological polar surface area (TPSA) is 53.7 Å². The number of hydrogen-bond acceptors (Lipinski definition) is 4. The molecular formula is C15H21NO3. The van der Waals surface area contributed by atoms with Crippen molar-refractivity contribution in [2.45, 2.75) is 37.3 Å². The van der Waals surface area contributed by atoms with Crippen LogP contribution < -0.4 is 5.73 Å². The van der Waals surface area contributed by atoms with Gasteiger partial charge in [-0.15, -0.1) is 0 Å². The molecule has 0 amide bonds. The Bertz CT molecular complexity index is 398. The first-order chi connectivity index (χ1) is 9.38. The maximum atomic E-state index is 6.22. The molecule has 4 atom stereocenters. The summed E-state index contributed by atoms with van der Waals surface area (Å²) in [6, 6.07) is 10.2. The molecule has 2 aliphatic heterocycles. The fourth-order valence-corrected chi connectivity index (χ4v) is 2.89. The summed E-state index contributed by atoms with van der Waals surface area (Å²) in [7, 11) is 0. The number of hydrogen-bond donors (Lipinski definition) is 1. The first-order valence-electron chi connectivity index (χ1n) is 7.02. The first kappa shape index (κ1) is 13.1. The van der Waals surface area contributed by atoms with Gasteiger partial charge >= 0.3 is 0 Å². The van der Waals surface area contributed by atoms with E-state index in [0.29, 0.717) is 13.2 Å². The summed E-state index contributed by atoms with van der Waals surface area (Å²) in [5.74, 6) is 0. The highest BCUT2D eigenvalue weighted by molar-refractivity contribution is 5.17. The Kier molecular flexibility index (Phi) is 4.13. The second kappa shape index (κ2) is 6.01. The first-order valence-corrected chi connectivity index (χ1v) is 7.02. The molecule has 2 saturated heterocycles. The lowest BCUT2D eigenvalue weighted by atomic mass is 10.1. The largest absolute Gasteiger partial charge is 0.373 e. The molecule has 4 nitrogen and oxygen atoms in total. The van der Waals surface area contributed by atoms with E-state index in [1.165, 1.54) is 5.56 Å². The van der Waals surface area contributed by atoms with E-state index in [9.17, 15) is 0 Å². The number of ether oxygens (including phenoxy) is 3. The minimum absolute atomic E-state index is 0.0303. The highest BCUT2D eigenvalue weighted by Crippen LogP contribution is 2.32. The number of nitrogens with two attached hydrogens (primary N) is 1. The van der Waals surface area contributed by atoms with Crippen LogP contribution >= 0.6 is 0 Å². The lowest BCUT2D eigenvalue weighted by Gasteiger charge is -2.24. The summed E-state index contributed by atoms with van der Waals surface area (Å²) in [5.41, 5.74) is 6.88. The molecule has 0 radical (unpaired) electrons. The fourth-order valence-electron chi connectivity index (χ4n) is 2.89. The van der Waals surface area contributed by atoms with Gasteiger partial charge in [0.15, 0.2) is 0 Å². The van der Waals surface area contributed by atoms with Gasteiger partial charge in [-0.2, -0.15) is 0 Å². The van der Waals surface area contributed by atoms with Crippen molar-refractivity contribution in [3.05, 3.63) is 35.9 Å². The molecule has 1 aromatic carbocycles. The van der Waals surface area contributed by atoms with E-state index >= 15 is 0 Å². The van der Waals surface area contributed by atoms with Gasteiger partial charge < -0.3 is 19.9 Å². The van der Waals surface area contributed by atoms with Crippen molar-refractivity contribution < 1.29 is 14.2 Å². The van der Waals surface area contributed by atoms with E-state index in [2.05, 4.69) is 12.1 Å². The van der Waals surface area contributed by atoms with Crippen molar-refractivity contribution in [3.63, 3.8) is 0 Å². The molecule has 104 valence electrons. The van der Waals surface area contributed by atoms with Gasteiger partial charge in [-0.25, -0.2) is 0 Å². The Morgan fingerprint density at radius 3 is 2.89 bits per heavy atom. The zero-order valence-corrected chi connectivity index (χ0v) is 11.0. The predicted octanol–water partition coefficient (Wildman–Crippen LogP) is 1.65. The van der Waals surface area contributed by atoms with Gasteiger partial charge in [-0.05, 0) is 24.9 Å². The summed E-state index contributed by atoms with van der Waals surface area (Å²) in [5, 5.41) is 0. The lowest BCUT2D eigenvalue weighted by molar-refractivity contribution is -0.0724. The molecule has 4 heteroatoms. The minimum Gasteiger partial charge on any atom is -0.373 e. The summed E-state index contributed by atoms with van der Waals surface area (Å²) in [6.07, 6.45) is 2.19. The van der Waals surface area contributed by atoms with Gasteiger partial charge in [0.1, 0.15) is 12.2 Å². The van der Waals surface area contributed by atoms with Crippen LogP contribution in [0, 0.1) is 0 Å². The van der Waals surface area contributed by atoms with Crippen molar-refractivity contribution in [2.75, 3.05) is 19.8 Å². The predicted molar refractivity (Wildman–Crippen MR) is 71.8 cm³/mol. The molecule has 19 heavy (non-hydrogen) atoms. The molecule has 0 spiro atoms. The second-order valence-corrected chi connectivity index (χ2v) is 5.15. The van der Waals surface area contributed by atoms with Crippen LogP contribution in [0.25, 0.3) is 0 Å². The quantitative estimate of drug-likeness (QED) is 0.877. The lowest BCUT2D eigenvalue weighted by Crippen LogP contribution is -2.31. The van der Waals surface area contributed by atoms with Crippen LogP contribution in [0.2, 0.25) is 0 Å². The van der Waals surface area contributed by atoms with E-state index < -0.39 is 0 Å². The molecule has 4 unspecified atom stereocenters. The highest BCUT2D eigenvalue weighted by Gasteiger charge is 2.43. The van der Waals surface area contributed by atoms with E-state index in [0.717, 1.165) is 19.4 Å². The van der Waals surface area contributed by atoms with Gasteiger partial charge in [0, 0.05) is 6.61 Å². The third-order valence-electron chi connectivity index (χ3n) is 3.86. The molecule has 2 aliphatic rings. The molecule has 2 fully saturated rings. The van der Waals surface area contributed by atoms with E-state index in [1.54, 1.807) is 0 Å². The zero-order chi connectivity index (χ0) is 13.1. The SMILES string of the molecule is NCCC(OC1COC2CCOC21)c1ccccc1. The molecule has 2 heterocycles. The van der Waals surface area contributed by atoms with Crippen LogP contribution in [0.4, 0.5) is 0 Å². The fraction of sp³-hybridized carbons (Fsp3) is 0.600. The molecule has 0 bridgehead atoms. The average molecular weight is 263 g/mol. The third kappa shape index (κ3) is 2.82. The van der Waals surface area contributed by atoms with Gasteiger partial charge in [0.05, 0.1) is 18.8 Å². The smallest absolute Gasteiger partial charge is 0.112 e. The van der Waals surface area contributed by atoms with Gasteiger partial charge in [-0.1, -0.05) is 30.3 Å². The summed E-state index contributed by atoms with van der Waals surface area (Å²) >= 11 is 0. The minimum atomic E-state index is 0.0303. The van der Waals surface area contributed by atoms with Crippen LogP contribution in [0.5, 0.6) is 0 Å². The van der Waals surface area contributed by atoms with E-state index in [-0.39, 0.29) is 24.4 Å². The Hall–Kier alpha value is -0.940. The second-order valence-electron chi connectivity index (χ2n) is 5.15. The molecule has 0 aliphatic carbocycles. The Labute approximate surface area is 113 Å². The summed E-state index contributed by atoms with van der Waals surface area (Å²) in [6.45, 7) is 2.02. The Morgan fingerprint density at radius 1 is 1.26 bits per heavy atom. The highest BCUT2D eigenvalue weighted by atomic mass is 16.6. The number of rotatable bonds is 5. The van der Waals surface area contributed by atoms with Crippen LogP contribution in [0.1, 0.15) is 24.5 Å². The summed E-state index contributed by atoms with van der Waals surface area (Å²) < 4.78 is 17.7. The number of fused-ring (bicyclic) bond motifs is 1. The average Bonchev–Trinajstić information content (AvgIpc) is 3.04. The van der Waals surface area contributed by atoms with Crippen molar-refractivity contribution in [1.82, 2.24) is 0 Å². The monoisotopic (exact) mass is 263 g/mol. The standard InChI is InChI=1S/C15H21NO3/c16-8-6-12(11-4-2-1-3-5-11)19-14-10-18-13-7-9-17-15(13)14/h1-5,12-15H,6-10,16H2. The third-order valence-corrected chi connectivity index (χ3v) is 3.86. The van der Waals surface area contributed by atoms with Crippen molar-refractivity contribution in [2.24, 2.45) is 5.73 Å². The zero-order valence-electron chi connectivity index (χ0n) is 11.0. The van der Waals surface area contributed by atoms with Crippen LogP contribution in [0.15, 0.2) is 30.3 Å². The Morgan fingerprint density at radius 2 is 2.11 bits per heavy atom. The maximum absolute atomic E-state index is 6.22. The molecule has 3 rings (SSSR count). The van der Waals surface area contributed by atoms with E-state index in [1.807, 2.05) is 18.2 Å². The Balaban J connectivity index is 1.68. The van der Waals surface area contributed by atoms with Crippen LogP contribution in [-0.4, -0.2) is 38.1 Å².